The predicted molar refractivity (Wildman–Crippen MR) is 89.1 cm³/mol. The quantitative estimate of drug-likeness (QED) is 0.662. The van der Waals surface area contributed by atoms with Crippen LogP contribution in [0.25, 0.3) is 0 Å². The molecule has 126 valence electrons. The lowest BCUT2D eigenvalue weighted by atomic mass is 9.74. The zero-order chi connectivity index (χ0) is 17.5. The first-order valence-electron chi connectivity index (χ1n) is 7.58. The van der Waals surface area contributed by atoms with E-state index in [-0.39, 0.29) is 33.6 Å². The molecule has 0 radical (unpaired) electrons. The summed E-state index contributed by atoms with van der Waals surface area (Å²) in [6, 6.07) is 5.71. The van der Waals surface area contributed by atoms with E-state index >= 15 is 0 Å². The summed E-state index contributed by atoms with van der Waals surface area (Å²) < 4.78 is 5.52. The number of benzene rings is 1. The number of hydrogen-bond donors (Lipinski definition) is 1. The molecule has 3 rings (SSSR count). The van der Waals surface area contributed by atoms with Gasteiger partial charge in [0.05, 0.1) is 17.2 Å². The lowest BCUT2D eigenvalue weighted by Gasteiger charge is -2.34. The molecule has 0 aliphatic heterocycles. The van der Waals surface area contributed by atoms with Gasteiger partial charge in [-0.15, -0.1) is 0 Å². The fourth-order valence-corrected chi connectivity index (χ4v) is 3.32. The highest BCUT2D eigenvalue weighted by molar-refractivity contribution is 6.32. The second-order valence-electron chi connectivity index (χ2n) is 6.79. The minimum absolute atomic E-state index is 0.00517. The fraction of sp³-hybridized carbons (Fsp3) is 0.353. The molecule has 6 nitrogen and oxygen atoms in total. The lowest BCUT2D eigenvalue weighted by Crippen LogP contribution is -2.36. The predicted octanol–water partition coefficient (Wildman–Crippen LogP) is 4.28. The van der Waals surface area contributed by atoms with Crippen LogP contribution in [0.1, 0.15) is 48.0 Å². The SMILES string of the molecule is CC1(C)Cc2occc2C(NC(=O)c2ccc(Cl)c([N+](=O)[O-])c2)C1. The van der Waals surface area contributed by atoms with Gasteiger partial charge in [-0.05, 0) is 30.0 Å². The number of nitrogens with one attached hydrogen (secondary N) is 1. The topological polar surface area (TPSA) is 85.4 Å². The van der Waals surface area contributed by atoms with Gasteiger partial charge in [-0.25, -0.2) is 0 Å². The molecule has 24 heavy (non-hydrogen) atoms. The molecule has 1 N–H and O–H groups in total. The second-order valence-corrected chi connectivity index (χ2v) is 7.20. The van der Waals surface area contributed by atoms with Crippen LogP contribution in [-0.2, 0) is 6.42 Å². The number of nitro groups is 1. The Bertz CT molecular complexity index is 813. The number of nitrogens with zero attached hydrogens (tertiary/aromatic N) is 1. The average molecular weight is 349 g/mol. The molecule has 1 atom stereocenters. The summed E-state index contributed by atoms with van der Waals surface area (Å²) in [7, 11) is 0. The molecule has 1 amide bonds. The van der Waals surface area contributed by atoms with Gasteiger partial charge in [0.1, 0.15) is 10.8 Å². The van der Waals surface area contributed by atoms with Crippen LogP contribution in [0.5, 0.6) is 0 Å². The number of nitro benzene ring substituents is 1. The maximum absolute atomic E-state index is 12.5. The van der Waals surface area contributed by atoms with Crippen molar-refractivity contribution in [1.29, 1.82) is 0 Å². The first-order chi connectivity index (χ1) is 11.3. The highest BCUT2D eigenvalue weighted by Crippen LogP contribution is 2.41. The monoisotopic (exact) mass is 348 g/mol. The summed E-state index contributed by atoms with van der Waals surface area (Å²) in [5.41, 5.74) is 0.886. The number of carbonyl (C=O) groups excluding carboxylic acids is 1. The minimum Gasteiger partial charge on any atom is -0.469 e. The van der Waals surface area contributed by atoms with Gasteiger partial charge in [0.2, 0.25) is 0 Å². The van der Waals surface area contributed by atoms with Crippen LogP contribution in [-0.4, -0.2) is 10.8 Å². The minimum atomic E-state index is -0.600. The molecule has 1 aromatic carbocycles. The summed E-state index contributed by atoms with van der Waals surface area (Å²) in [5.74, 6) is 0.503. The third-order valence-electron chi connectivity index (χ3n) is 4.26. The van der Waals surface area contributed by atoms with E-state index in [1.54, 1.807) is 6.26 Å². The molecule has 7 heteroatoms. The second kappa shape index (κ2) is 5.94. The van der Waals surface area contributed by atoms with Gasteiger partial charge in [0.25, 0.3) is 11.6 Å². The van der Waals surface area contributed by atoms with E-state index in [0.717, 1.165) is 24.2 Å². The van der Waals surface area contributed by atoms with Crippen molar-refractivity contribution >= 4 is 23.2 Å². The van der Waals surface area contributed by atoms with E-state index in [2.05, 4.69) is 19.2 Å². The molecule has 1 aliphatic rings. The van der Waals surface area contributed by atoms with Gasteiger partial charge in [0.15, 0.2) is 0 Å². The van der Waals surface area contributed by atoms with Crippen LogP contribution >= 0.6 is 11.6 Å². The standard InChI is InChI=1S/C17H17ClN2O4/c1-17(2)8-13(11-5-6-24-15(11)9-17)19-16(21)10-3-4-12(18)14(7-10)20(22)23/h3-7,13H,8-9H2,1-2H3,(H,19,21). The largest absolute Gasteiger partial charge is 0.469 e. The van der Waals surface area contributed by atoms with E-state index in [1.807, 2.05) is 6.07 Å². The molecule has 0 saturated heterocycles. The Morgan fingerprint density at radius 1 is 1.42 bits per heavy atom. The van der Waals surface area contributed by atoms with E-state index in [0.29, 0.717) is 0 Å². The van der Waals surface area contributed by atoms with Crippen molar-refractivity contribution in [1.82, 2.24) is 5.32 Å². The number of furan rings is 1. The van der Waals surface area contributed by atoms with E-state index in [1.165, 1.54) is 18.2 Å². The molecule has 1 aromatic heterocycles. The Morgan fingerprint density at radius 3 is 2.88 bits per heavy atom. The van der Waals surface area contributed by atoms with Crippen molar-refractivity contribution in [2.24, 2.45) is 5.41 Å². The van der Waals surface area contributed by atoms with Crippen LogP contribution in [0.4, 0.5) is 5.69 Å². The maximum atomic E-state index is 12.5. The lowest BCUT2D eigenvalue weighted by molar-refractivity contribution is -0.384. The normalized spacial score (nSPS) is 18.7. The fourth-order valence-electron chi connectivity index (χ4n) is 3.14. The molecule has 1 heterocycles. The van der Waals surface area contributed by atoms with Crippen molar-refractivity contribution in [3.63, 3.8) is 0 Å². The van der Waals surface area contributed by atoms with E-state index in [4.69, 9.17) is 16.0 Å². The first kappa shape index (κ1) is 16.5. The summed E-state index contributed by atoms with van der Waals surface area (Å²) in [6.07, 6.45) is 3.20. The van der Waals surface area contributed by atoms with Crippen LogP contribution in [0, 0.1) is 15.5 Å². The molecular weight excluding hydrogens is 332 g/mol. The van der Waals surface area contributed by atoms with Gasteiger partial charge >= 0.3 is 0 Å². The van der Waals surface area contributed by atoms with Crippen molar-refractivity contribution < 1.29 is 14.1 Å². The van der Waals surface area contributed by atoms with Crippen molar-refractivity contribution in [2.75, 3.05) is 0 Å². The van der Waals surface area contributed by atoms with Gasteiger partial charge in [-0.1, -0.05) is 25.4 Å². The molecule has 0 spiro atoms. The van der Waals surface area contributed by atoms with E-state index in [9.17, 15) is 14.9 Å². The highest BCUT2D eigenvalue weighted by atomic mass is 35.5. The van der Waals surface area contributed by atoms with Crippen LogP contribution < -0.4 is 5.32 Å². The van der Waals surface area contributed by atoms with Gasteiger partial charge < -0.3 is 9.73 Å². The number of carbonyl (C=O) groups is 1. The zero-order valence-electron chi connectivity index (χ0n) is 13.3. The highest BCUT2D eigenvalue weighted by Gasteiger charge is 2.35. The Hall–Kier alpha value is -2.34. The number of rotatable bonds is 3. The summed E-state index contributed by atoms with van der Waals surface area (Å²) in [5, 5.41) is 13.9. The summed E-state index contributed by atoms with van der Waals surface area (Å²) >= 11 is 5.79. The summed E-state index contributed by atoms with van der Waals surface area (Å²) in [4.78, 5) is 22.9. The molecule has 2 aromatic rings. The van der Waals surface area contributed by atoms with Gasteiger partial charge in [-0.3, -0.25) is 14.9 Å². The van der Waals surface area contributed by atoms with Crippen LogP contribution in [0.15, 0.2) is 34.9 Å². The molecule has 1 unspecified atom stereocenters. The number of hydrogen-bond acceptors (Lipinski definition) is 4. The van der Waals surface area contributed by atoms with Gasteiger partial charge in [-0.2, -0.15) is 0 Å². The zero-order valence-corrected chi connectivity index (χ0v) is 14.1. The Kier molecular flexibility index (Phi) is 4.09. The Balaban J connectivity index is 1.86. The van der Waals surface area contributed by atoms with Crippen LogP contribution in [0.3, 0.4) is 0 Å². The maximum Gasteiger partial charge on any atom is 0.288 e. The third-order valence-corrected chi connectivity index (χ3v) is 4.58. The molecule has 1 aliphatic carbocycles. The first-order valence-corrected chi connectivity index (χ1v) is 7.96. The third kappa shape index (κ3) is 3.14. The number of halogens is 1. The Labute approximate surface area is 143 Å². The number of fused-ring (bicyclic) bond motifs is 1. The summed E-state index contributed by atoms with van der Waals surface area (Å²) in [6.45, 7) is 4.23. The smallest absolute Gasteiger partial charge is 0.288 e. The Morgan fingerprint density at radius 2 is 2.17 bits per heavy atom. The molecule has 0 bridgehead atoms. The molecule has 0 fully saturated rings. The number of amides is 1. The molecule has 0 saturated carbocycles. The van der Waals surface area contributed by atoms with Crippen molar-refractivity contribution in [2.45, 2.75) is 32.7 Å². The average Bonchev–Trinajstić information content (AvgIpc) is 2.94. The van der Waals surface area contributed by atoms with Gasteiger partial charge in [0, 0.05) is 23.6 Å². The van der Waals surface area contributed by atoms with Crippen LogP contribution in [0.2, 0.25) is 5.02 Å². The molecular formula is C17H17ClN2O4. The van der Waals surface area contributed by atoms with Crippen molar-refractivity contribution in [3.8, 4) is 0 Å². The van der Waals surface area contributed by atoms with E-state index < -0.39 is 4.92 Å². The van der Waals surface area contributed by atoms with Crippen molar-refractivity contribution in [3.05, 3.63) is 62.6 Å².